The van der Waals surface area contributed by atoms with Crippen LogP contribution in [0.4, 0.5) is 10.1 Å². The zero-order chi connectivity index (χ0) is 20.3. The number of benzene rings is 2. The number of carboxylic acid groups (broad SMARTS) is 1. The summed E-state index contributed by atoms with van der Waals surface area (Å²) in [5, 5.41) is 19.0. The Morgan fingerprint density at radius 2 is 1.93 bits per heavy atom. The lowest BCUT2D eigenvalue weighted by Gasteiger charge is -2.11. The molecule has 3 rings (SSSR count). The van der Waals surface area contributed by atoms with E-state index in [4.69, 9.17) is 5.11 Å². The van der Waals surface area contributed by atoms with Crippen LogP contribution in [0.2, 0.25) is 0 Å². The molecule has 0 aliphatic rings. The van der Waals surface area contributed by atoms with E-state index in [1.807, 2.05) is 0 Å². The van der Waals surface area contributed by atoms with Crippen LogP contribution in [0.5, 0.6) is 0 Å². The van der Waals surface area contributed by atoms with Crippen LogP contribution in [0.3, 0.4) is 0 Å². The predicted octanol–water partition coefficient (Wildman–Crippen LogP) is 2.70. The van der Waals surface area contributed by atoms with Crippen LogP contribution >= 0.6 is 0 Å². The quantitative estimate of drug-likeness (QED) is 0.606. The van der Waals surface area contributed by atoms with Gasteiger partial charge < -0.3 is 10.4 Å². The summed E-state index contributed by atoms with van der Waals surface area (Å²) in [6.45, 7) is 1.40. The first-order chi connectivity index (χ1) is 13.3. The highest BCUT2D eigenvalue weighted by Gasteiger charge is 2.17. The van der Waals surface area contributed by atoms with E-state index >= 15 is 0 Å². The summed E-state index contributed by atoms with van der Waals surface area (Å²) < 4.78 is 14.1. The van der Waals surface area contributed by atoms with E-state index in [0.717, 1.165) is 0 Å². The molecule has 0 bridgehead atoms. The summed E-state index contributed by atoms with van der Waals surface area (Å²) in [6, 6.07) is 11.3. The van der Waals surface area contributed by atoms with Crippen LogP contribution in [-0.2, 0) is 16.0 Å². The molecule has 1 atom stereocenters. The Balaban J connectivity index is 1.84. The molecule has 2 aromatic carbocycles. The average Bonchev–Trinajstić information content (AvgIpc) is 2.66. The number of H-pyrrole nitrogens is 1. The molecule has 8 heteroatoms. The zero-order valence-corrected chi connectivity index (χ0v) is 15.0. The lowest BCUT2D eigenvalue weighted by Crippen LogP contribution is -2.20. The predicted molar refractivity (Wildman–Crippen MR) is 102 cm³/mol. The third kappa shape index (κ3) is 4.22. The molecule has 0 saturated heterocycles. The van der Waals surface area contributed by atoms with E-state index in [2.05, 4.69) is 15.5 Å². The van der Waals surface area contributed by atoms with Crippen molar-refractivity contribution in [2.45, 2.75) is 19.8 Å². The fraction of sp³-hybridized carbons (Fsp3) is 0.200. The number of nitrogens with zero attached hydrogens (tertiary/aromatic N) is 1. The molecule has 0 saturated carbocycles. The maximum atomic E-state index is 14.1. The van der Waals surface area contributed by atoms with Crippen LogP contribution in [0.15, 0.2) is 47.3 Å². The summed E-state index contributed by atoms with van der Waals surface area (Å²) >= 11 is 0. The van der Waals surface area contributed by atoms with Gasteiger partial charge in [0.25, 0.3) is 5.56 Å². The van der Waals surface area contributed by atoms with Gasteiger partial charge >= 0.3 is 5.97 Å². The topological polar surface area (TPSA) is 112 Å². The van der Waals surface area contributed by atoms with Crippen LogP contribution in [-0.4, -0.2) is 27.2 Å². The van der Waals surface area contributed by atoms with Gasteiger partial charge in [-0.2, -0.15) is 5.10 Å². The second-order valence-corrected chi connectivity index (χ2v) is 6.53. The van der Waals surface area contributed by atoms with Crippen molar-refractivity contribution in [2.24, 2.45) is 5.92 Å². The first-order valence-electron chi connectivity index (χ1n) is 8.62. The second-order valence-electron chi connectivity index (χ2n) is 6.53. The number of hydrogen-bond acceptors (Lipinski definition) is 4. The van der Waals surface area contributed by atoms with Gasteiger partial charge in [0.15, 0.2) is 0 Å². The molecular formula is C20H18FN3O4. The summed E-state index contributed by atoms with van der Waals surface area (Å²) in [5.74, 6) is -3.18. The zero-order valence-electron chi connectivity index (χ0n) is 15.0. The standard InChI is InChI=1S/C20H18FN3O4/c1-11(20(27)28)8-18(25)22-17-10-12(6-7-15(17)21)9-16-13-4-2-3-5-14(13)19(26)24-23-16/h2-7,10-11H,8-9H2,1H3,(H,22,25)(H,24,26)(H,27,28). The molecule has 1 heterocycles. The summed E-state index contributed by atoms with van der Waals surface area (Å²) in [5.41, 5.74) is 0.957. The Morgan fingerprint density at radius 1 is 1.21 bits per heavy atom. The Kier molecular flexibility index (Phi) is 5.49. The van der Waals surface area contributed by atoms with Gasteiger partial charge in [-0.15, -0.1) is 0 Å². The summed E-state index contributed by atoms with van der Waals surface area (Å²) in [7, 11) is 0. The number of rotatable bonds is 6. The molecule has 0 radical (unpaired) electrons. The number of amides is 1. The van der Waals surface area contributed by atoms with Crippen molar-refractivity contribution < 1.29 is 19.1 Å². The minimum absolute atomic E-state index is 0.0335. The number of aliphatic carboxylic acids is 1. The summed E-state index contributed by atoms with van der Waals surface area (Å²) in [6.07, 6.45) is 0.0527. The molecule has 0 aliphatic heterocycles. The van der Waals surface area contributed by atoms with Crippen molar-refractivity contribution in [1.29, 1.82) is 0 Å². The SMILES string of the molecule is CC(CC(=O)Nc1cc(Cc2n[nH]c(=O)c3ccccc23)ccc1F)C(=O)O. The number of carbonyl (C=O) groups is 2. The lowest BCUT2D eigenvalue weighted by molar-refractivity contribution is -0.142. The molecule has 28 heavy (non-hydrogen) atoms. The highest BCUT2D eigenvalue weighted by atomic mass is 19.1. The van der Waals surface area contributed by atoms with Crippen molar-refractivity contribution >= 4 is 28.3 Å². The monoisotopic (exact) mass is 383 g/mol. The highest BCUT2D eigenvalue weighted by Crippen LogP contribution is 2.21. The lowest BCUT2D eigenvalue weighted by atomic mass is 10.0. The molecule has 0 aliphatic carbocycles. The fourth-order valence-electron chi connectivity index (χ4n) is 2.84. The molecular weight excluding hydrogens is 365 g/mol. The van der Waals surface area contributed by atoms with E-state index in [1.54, 1.807) is 30.3 Å². The Labute approximate surface area is 159 Å². The van der Waals surface area contributed by atoms with Crippen molar-refractivity contribution in [3.8, 4) is 0 Å². The molecule has 7 nitrogen and oxygen atoms in total. The number of aromatic nitrogens is 2. The van der Waals surface area contributed by atoms with Crippen molar-refractivity contribution in [3.05, 3.63) is 69.9 Å². The number of carboxylic acids is 1. The number of aromatic amines is 1. The number of nitrogens with one attached hydrogen (secondary N) is 2. The molecule has 0 fully saturated rings. The third-order valence-corrected chi connectivity index (χ3v) is 4.36. The maximum absolute atomic E-state index is 14.1. The molecule has 144 valence electrons. The fourth-order valence-corrected chi connectivity index (χ4v) is 2.84. The Hall–Kier alpha value is -3.55. The Morgan fingerprint density at radius 3 is 2.64 bits per heavy atom. The number of fused-ring (bicyclic) bond motifs is 1. The normalized spacial score (nSPS) is 11.9. The molecule has 1 unspecified atom stereocenters. The third-order valence-electron chi connectivity index (χ3n) is 4.36. The number of carbonyl (C=O) groups excluding carboxylic acids is 1. The van der Waals surface area contributed by atoms with Crippen LogP contribution in [0.1, 0.15) is 24.6 Å². The van der Waals surface area contributed by atoms with Gasteiger partial charge in [-0.1, -0.05) is 31.2 Å². The van der Waals surface area contributed by atoms with Crippen LogP contribution < -0.4 is 10.9 Å². The van der Waals surface area contributed by atoms with E-state index < -0.39 is 23.6 Å². The van der Waals surface area contributed by atoms with Gasteiger partial charge in [0.2, 0.25) is 5.91 Å². The molecule has 3 N–H and O–H groups in total. The second kappa shape index (κ2) is 7.99. The molecule has 3 aromatic rings. The summed E-state index contributed by atoms with van der Waals surface area (Å²) in [4.78, 5) is 34.7. The largest absolute Gasteiger partial charge is 0.481 e. The van der Waals surface area contributed by atoms with Crippen molar-refractivity contribution in [1.82, 2.24) is 10.2 Å². The molecule has 1 aromatic heterocycles. The van der Waals surface area contributed by atoms with Crippen molar-refractivity contribution in [3.63, 3.8) is 0 Å². The smallest absolute Gasteiger partial charge is 0.306 e. The van der Waals surface area contributed by atoms with Gasteiger partial charge in [-0.3, -0.25) is 14.4 Å². The number of halogens is 1. The minimum Gasteiger partial charge on any atom is -0.481 e. The molecule has 0 spiro atoms. The molecule has 1 amide bonds. The first-order valence-corrected chi connectivity index (χ1v) is 8.62. The first kappa shape index (κ1) is 19.2. The van der Waals surface area contributed by atoms with E-state index in [9.17, 15) is 18.8 Å². The number of hydrogen-bond donors (Lipinski definition) is 3. The van der Waals surface area contributed by atoms with Crippen LogP contribution in [0.25, 0.3) is 10.8 Å². The van der Waals surface area contributed by atoms with Gasteiger partial charge in [-0.25, -0.2) is 9.49 Å². The van der Waals surface area contributed by atoms with E-state index in [0.29, 0.717) is 28.5 Å². The van der Waals surface area contributed by atoms with Crippen molar-refractivity contribution in [2.75, 3.05) is 5.32 Å². The number of anilines is 1. The average molecular weight is 383 g/mol. The van der Waals surface area contributed by atoms with Gasteiger partial charge in [0, 0.05) is 18.2 Å². The van der Waals surface area contributed by atoms with Crippen LogP contribution in [0, 0.1) is 11.7 Å². The maximum Gasteiger partial charge on any atom is 0.306 e. The van der Waals surface area contributed by atoms with Gasteiger partial charge in [0.05, 0.1) is 22.7 Å². The minimum atomic E-state index is -1.10. The highest BCUT2D eigenvalue weighted by molar-refractivity contribution is 5.93. The Bertz CT molecular complexity index is 1110. The van der Waals surface area contributed by atoms with E-state index in [-0.39, 0.29) is 17.7 Å². The van der Waals surface area contributed by atoms with Gasteiger partial charge in [-0.05, 0) is 23.8 Å². The van der Waals surface area contributed by atoms with Gasteiger partial charge in [0.1, 0.15) is 5.82 Å². The van der Waals surface area contributed by atoms with E-state index in [1.165, 1.54) is 19.1 Å².